The molecular weight excluding hydrogens is 466 g/mol. The fourth-order valence-corrected chi connectivity index (χ4v) is 5.42. The summed E-state index contributed by atoms with van der Waals surface area (Å²) in [4.78, 5) is 39.6. The maximum absolute atomic E-state index is 13.4. The molecule has 0 atom stereocenters. The molecule has 1 amide bonds. The second kappa shape index (κ2) is 7.50. The summed E-state index contributed by atoms with van der Waals surface area (Å²) < 4.78 is 3.75. The van der Waals surface area contributed by atoms with Gasteiger partial charge >= 0.3 is 0 Å². The summed E-state index contributed by atoms with van der Waals surface area (Å²) in [6, 6.07) is 10.2. The van der Waals surface area contributed by atoms with Gasteiger partial charge in [0.1, 0.15) is 5.39 Å². The molecule has 2 aliphatic carbocycles. The molecule has 4 heterocycles. The Kier molecular flexibility index (Phi) is 4.50. The van der Waals surface area contributed by atoms with Crippen molar-refractivity contribution >= 4 is 28.6 Å². The van der Waals surface area contributed by atoms with Gasteiger partial charge in [0, 0.05) is 35.7 Å². The van der Waals surface area contributed by atoms with Gasteiger partial charge in [-0.25, -0.2) is 14.3 Å². The summed E-state index contributed by atoms with van der Waals surface area (Å²) in [5, 5.41) is 6.85. The van der Waals surface area contributed by atoms with E-state index in [0.717, 1.165) is 53.9 Å². The molecule has 7 rings (SSSR count). The number of hydrogen-bond acceptors (Lipinski definition) is 6. The van der Waals surface area contributed by atoms with Gasteiger partial charge in [-0.1, -0.05) is 26.8 Å². The normalized spacial score (nSPS) is 18.1. The molecule has 9 heteroatoms. The molecule has 3 aromatic heterocycles. The van der Waals surface area contributed by atoms with Crippen LogP contribution in [0.25, 0.3) is 16.7 Å². The lowest BCUT2D eigenvalue weighted by Gasteiger charge is -2.25. The first-order valence-electron chi connectivity index (χ1n) is 12.9. The lowest BCUT2D eigenvalue weighted by Crippen LogP contribution is -2.39. The molecular formula is C28H29N7O2. The van der Waals surface area contributed by atoms with E-state index in [1.54, 1.807) is 12.4 Å². The Bertz CT molecular complexity index is 1650. The van der Waals surface area contributed by atoms with E-state index in [1.807, 2.05) is 33.6 Å². The van der Waals surface area contributed by atoms with Crippen molar-refractivity contribution in [1.29, 1.82) is 0 Å². The van der Waals surface area contributed by atoms with E-state index in [-0.39, 0.29) is 28.3 Å². The number of aromatic nitrogens is 5. The topological polar surface area (TPSA) is 107 Å². The van der Waals surface area contributed by atoms with E-state index >= 15 is 0 Å². The highest BCUT2D eigenvalue weighted by Crippen LogP contribution is 2.51. The number of carbonyl (C=O) groups excluding carboxylic acids is 1. The van der Waals surface area contributed by atoms with E-state index in [4.69, 9.17) is 4.98 Å². The van der Waals surface area contributed by atoms with E-state index < -0.39 is 0 Å². The van der Waals surface area contributed by atoms with Crippen LogP contribution in [0.1, 0.15) is 69.3 Å². The number of amides is 1. The van der Waals surface area contributed by atoms with Crippen LogP contribution in [0.15, 0.2) is 47.5 Å². The van der Waals surface area contributed by atoms with Crippen LogP contribution in [-0.2, 0) is 22.2 Å². The number of pyridine rings is 1. The molecule has 0 bridgehead atoms. The van der Waals surface area contributed by atoms with Crippen LogP contribution in [0.2, 0.25) is 0 Å². The van der Waals surface area contributed by atoms with Crippen molar-refractivity contribution in [3.8, 4) is 5.69 Å². The Labute approximate surface area is 213 Å². The fourth-order valence-electron chi connectivity index (χ4n) is 5.42. The van der Waals surface area contributed by atoms with Crippen molar-refractivity contribution in [3.63, 3.8) is 0 Å². The minimum Gasteiger partial charge on any atom is -0.351 e. The molecule has 4 aromatic rings. The quantitative estimate of drug-likeness (QED) is 0.443. The summed E-state index contributed by atoms with van der Waals surface area (Å²) in [5.41, 5.74) is 4.94. The molecule has 1 aliphatic heterocycles. The van der Waals surface area contributed by atoms with Gasteiger partial charge in [0.25, 0.3) is 5.56 Å². The zero-order chi connectivity index (χ0) is 25.5. The van der Waals surface area contributed by atoms with Gasteiger partial charge < -0.3 is 10.6 Å². The zero-order valence-corrected chi connectivity index (χ0v) is 21.2. The molecule has 37 heavy (non-hydrogen) atoms. The number of rotatable bonds is 4. The Hall–Kier alpha value is -4.01. The number of benzene rings is 1. The minimum atomic E-state index is -0.334. The molecule has 2 saturated carbocycles. The highest BCUT2D eigenvalue weighted by atomic mass is 16.2. The predicted octanol–water partition coefficient (Wildman–Crippen LogP) is 4.01. The first-order chi connectivity index (χ1) is 17.7. The molecule has 3 aliphatic rings. The Morgan fingerprint density at radius 2 is 1.89 bits per heavy atom. The molecule has 0 radical (unpaired) electrons. The van der Waals surface area contributed by atoms with Crippen LogP contribution in [0.3, 0.4) is 0 Å². The van der Waals surface area contributed by atoms with E-state index in [0.29, 0.717) is 23.5 Å². The van der Waals surface area contributed by atoms with Gasteiger partial charge in [-0.15, -0.1) is 0 Å². The van der Waals surface area contributed by atoms with Crippen LogP contribution in [0.4, 0.5) is 11.6 Å². The van der Waals surface area contributed by atoms with Crippen molar-refractivity contribution in [2.75, 3.05) is 5.32 Å². The highest BCUT2D eigenvalue weighted by molar-refractivity contribution is 5.93. The zero-order valence-electron chi connectivity index (χ0n) is 21.2. The van der Waals surface area contributed by atoms with E-state index in [1.165, 1.54) is 0 Å². The first-order valence-corrected chi connectivity index (χ1v) is 12.9. The number of nitrogens with one attached hydrogen (secondary N) is 2. The summed E-state index contributed by atoms with van der Waals surface area (Å²) in [6.45, 7) is 6.90. The Morgan fingerprint density at radius 1 is 1.08 bits per heavy atom. The van der Waals surface area contributed by atoms with E-state index in [2.05, 4.69) is 47.4 Å². The number of fused-ring (bicyclic) bond motifs is 3. The standard InChI is InChI=1S/C28H29N7O2/c1-27(2,3)22-13-19(8-11-29-22)34-23-20(24(36)35(34)18-5-6-18)15-31-26(33-23)32-17-4-7-21-16(12-17)14-30-25(37)28(21)9-10-28/h4,7-8,11-13,15,18H,5-6,9-10,14H2,1-3H3,(H,30,37)(H,31,32,33). The van der Waals surface area contributed by atoms with Crippen LogP contribution in [0.5, 0.6) is 0 Å². The first kappa shape index (κ1) is 22.2. The third kappa shape index (κ3) is 3.48. The molecule has 1 spiro atoms. The van der Waals surface area contributed by atoms with Gasteiger partial charge in [-0.05, 0) is 61.1 Å². The van der Waals surface area contributed by atoms with Crippen molar-refractivity contribution in [2.45, 2.75) is 69.9 Å². The van der Waals surface area contributed by atoms with Gasteiger partial charge in [0.05, 0.1) is 17.1 Å². The van der Waals surface area contributed by atoms with Crippen molar-refractivity contribution in [2.24, 2.45) is 0 Å². The van der Waals surface area contributed by atoms with Crippen LogP contribution in [-0.4, -0.2) is 30.2 Å². The van der Waals surface area contributed by atoms with Gasteiger partial charge in [0.2, 0.25) is 11.9 Å². The average Bonchev–Trinajstić information content (AvgIpc) is 3.80. The maximum atomic E-state index is 13.4. The Balaban J connectivity index is 1.31. The Morgan fingerprint density at radius 3 is 2.62 bits per heavy atom. The van der Waals surface area contributed by atoms with Crippen molar-refractivity contribution < 1.29 is 4.79 Å². The van der Waals surface area contributed by atoms with Crippen LogP contribution < -0.4 is 16.2 Å². The maximum Gasteiger partial charge on any atom is 0.278 e. The van der Waals surface area contributed by atoms with Gasteiger partial charge in [-0.3, -0.25) is 14.6 Å². The SMILES string of the molecule is CC(C)(C)c1cc(-n2c3nc(Nc4ccc5c(c4)CNC(=O)C54CC4)ncc3c(=O)n2C2CC2)ccn1. The molecule has 9 nitrogen and oxygen atoms in total. The molecule has 188 valence electrons. The summed E-state index contributed by atoms with van der Waals surface area (Å²) in [6.07, 6.45) is 7.16. The van der Waals surface area contributed by atoms with Gasteiger partial charge in [0.15, 0.2) is 5.65 Å². The second-order valence-corrected chi connectivity index (χ2v) is 11.5. The third-order valence-electron chi connectivity index (χ3n) is 7.77. The third-order valence-corrected chi connectivity index (χ3v) is 7.77. The lowest BCUT2D eigenvalue weighted by molar-refractivity contribution is -0.124. The summed E-state index contributed by atoms with van der Waals surface area (Å²) in [7, 11) is 0. The average molecular weight is 496 g/mol. The molecule has 0 unspecified atom stereocenters. The number of anilines is 2. The smallest absolute Gasteiger partial charge is 0.278 e. The number of nitrogens with zero attached hydrogens (tertiary/aromatic N) is 5. The second-order valence-electron chi connectivity index (χ2n) is 11.5. The fraction of sp³-hybridized carbons (Fsp3) is 0.393. The lowest BCUT2D eigenvalue weighted by atomic mass is 9.87. The van der Waals surface area contributed by atoms with Crippen molar-refractivity contribution in [1.82, 2.24) is 29.6 Å². The molecule has 1 aromatic carbocycles. The summed E-state index contributed by atoms with van der Waals surface area (Å²) >= 11 is 0. The number of carbonyl (C=O) groups is 1. The largest absolute Gasteiger partial charge is 0.351 e. The molecule has 2 fully saturated rings. The van der Waals surface area contributed by atoms with Crippen LogP contribution in [0, 0.1) is 0 Å². The van der Waals surface area contributed by atoms with E-state index in [9.17, 15) is 9.59 Å². The van der Waals surface area contributed by atoms with Crippen LogP contribution >= 0.6 is 0 Å². The van der Waals surface area contributed by atoms with Gasteiger partial charge in [-0.2, -0.15) is 4.98 Å². The molecule has 0 saturated heterocycles. The number of hydrogen-bond donors (Lipinski definition) is 2. The highest BCUT2D eigenvalue weighted by Gasteiger charge is 2.53. The monoisotopic (exact) mass is 495 g/mol. The summed E-state index contributed by atoms with van der Waals surface area (Å²) in [5.74, 6) is 0.554. The van der Waals surface area contributed by atoms with Crippen molar-refractivity contribution in [3.05, 3.63) is 69.9 Å². The molecule has 2 N–H and O–H groups in total. The predicted molar refractivity (Wildman–Crippen MR) is 140 cm³/mol. The minimum absolute atomic E-state index is 0.0718.